The number of rotatable bonds is 3. The molecule has 0 amide bonds. The Morgan fingerprint density at radius 1 is 0.500 bits per heavy atom. The van der Waals surface area contributed by atoms with Crippen molar-refractivity contribution in [1.29, 1.82) is 0 Å². The van der Waals surface area contributed by atoms with Gasteiger partial charge in [-0.2, -0.15) is 0 Å². The molecule has 0 spiro atoms. The van der Waals surface area contributed by atoms with E-state index in [9.17, 15) is 0 Å². The lowest BCUT2D eigenvalue weighted by Gasteiger charge is -2.07. The second kappa shape index (κ2) is 6.42. The molecule has 2 aromatic heterocycles. The Balaban J connectivity index is 1.67. The van der Waals surface area contributed by atoms with Gasteiger partial charge in [-0.1, -0.05) is 42.5 Å². The van der Waals surface area contributed by atoms with Crippen LogP contribution in [0, 0.1) is 0 Å². The van der Waals surface area contributed by atoms with Crippen LogP contribution < -0.4 is 0 Å². The summed E-state index contributed by atoms with van der Waals surface area (Å²) in [5.74, 6) is 0. The normalized spacial score (nSPS) is 10.5. The molecule has 2 aromatic carbocycles. The van der Waals surface area contributed by atoms with Crippen LogP contribution in [0.15, 0.2) is 91.6 Å². The van der Waals surface area contributed by atoms with Crippen molar-refractivity contribution >= 4 is 0 Å². The van der Waals surface area contributed by atoms with E-state index in [1.165, 1.54) is 22.3 Å². The lowest BCUT2D eigenvalue weighted by molar-refractivity contribution is 1.17. The van der Waals surface area contributed by atoms with Crippen LogP contribution in [0.4, 0.5) is 0 Å². The Kier molecular flexibility index (Phi) is 3.82. The minimum absolute atomic E-state index is 0.932. The number of hydrogen-bond donors (Lipinski definition) is 0. The van der Waals surface area contributed by atoms with E-state index in [1.807, 2.05) is 30.6 Å². The summed E-state index contributed by atoms with van der Waals surface area (Å²) in [5.41, 5.74) is 6.76. The van der Waals surface area contributed by atoms with Crippen molar-refractivity contribution in [3.63, 3.8) is 0 Å². The van der Waals surface area contributed by atoms with E-state index in [2.05, 4.69) is 63.5 Å². The summed E-state index contributed by atoms with van der Waals surface area (Å²) < 4.78 is 0. The van der Waals surface area contributed by atoms with E-state index in [-0.39, 0.29) is 0 Å². The molecule has 3 nitrogen and oxygen atoms in total. The second-order valence-electron chi connectivity index (χ2n) is 5.49. The van der Waals surface area contributed by atoms with Gasteiger partial charge in [0.1, 0.15) is 6.33 Å². The largest absolute Gasteiger partial charge is 0.265 e. The van der Waals surface area contributed by atoms with Crippen LogP contribution in [0.3, 0.4) is 0 Å². The minimum atomic E-state index is 0.932. The second-order valence-corrected chi connectivity index (χ2v) is 5.49. The molecular weight excluding hydrogens is 294 g/mol. The number of nitrogens with zero attached hydrogens (tertiary/aromatic N) is 3. The van der Waals surface area contributed by atoms with Crippen molar-refractivity contribution in [2.24, 2.45) is 0 Å². The third kappa shape index (κ3) is 2.92. The summed E-state index contributed by atoms with van der Waals surface area (Å²) in [4.78, 5) is 12.3. The fraction of sp³-hybridized carbons (Fsp3) is 0. The van der Waals surface area contributed by atoms with E-state index in [0.29, 0.717) is 0 Å². The van der Waals surface area contributed by atoms with Crippen LogP contribution in [-0.4, -0.2) is 15.0 Å². The molecule has 114 valence electrons. The molecule has 24 heavy (non-hydrogen) atoms. The fourth-order valence-electron chi connectivity index (χ4n) is 2.72. The number of aromatic nitrogens is 3. The predicted octanol–water partition coefficient (Wildman–Crippen LogP) is 4.87. The summed E-state index contributed by atoms with van der Waals surface area (Å²) in [5, 5.41) is 0. The molecule has 0 saturated carbocycles. The molecule has 0 aliphatic rings. The van der Waals surface area contributed by atoms with Gasteiger partial charge in [-0.25, -0.2) is 9.97 Å². The van der Waals surface area contributed by atoms with Gasteiger partial charge in [0, 0.05) is 24.2 Å². The van der Waals surface area contributed by atoms with Crippen molar-refractivity contribution in [1.82, 2.24) is 15.0 Å². The first-order chi connectivity index (χ1) is 11.9. The minimum Gasteiger partial charge on any atom is -0.265 e. The van der Waals surface area contributed by atoms with E-state index in [0.717, 1.165) is 11.3 Å². The molecule has 0 unspecified atom stereocenters. The first kappa shape index (κ1) is 14.3. The highest BCUT2D eigenvalue weighted by molar-refractivity contribution is 5.74. The molecular formula is C21H15N3. The zero-order valence-corrected chi connectivity index (χ0v) is 13.0. The summed E-state index contributed by atoms with van der Waals surface area (Å²) in [6, 6.07) is 22.9. The van der Waals surface area contributed by atoms with Crippen LogP contribution in [0.1, 0.15) is 0 Å². The van der Waals surface area contributed by atoms with Gasteiger partial charge in [0.05, 0.1) is 5.69 Å². The summed E-state index contributed by atoms with van der Waals surface area (Å²) in [7, 11) is 0. The average Bonchev–Trinajstić information content (AvgIpc) is 2.70. The average molecular weight is 309 g/mol. The first-order valence-corrected chi connectivity index (χ1v) is 7.77. The molecule has 0 atom stereocenters. The zero-order valence-electron chi connectivity index (χ0n) is 13.0. The molecule has 4 rings (SSSR count). The van der Waals surface area contributed by atoms with Gasteiger partial charge < -0.3 is 0 Å². The van der Waals surface area contributed by atoms with Crippen LogP contribution in [-0.2, 0) is 0 Å². The van der Waals surface area contributed by atoms with E-state index in [1.54, 1.807) is 12.5 Å². The van der Waals surface area contributed by atoms with Crippen molar-refractivity contribution < 1.29 is 0 Å². The maximum Gasteiger partial charge on any atom is 0.116 e. The van der Waals surface area contributed by atoms with E-state index < -0.39 is 0 Å². The highest BCUT2D eigenvalue weighted by Crippen LogP contribution is 2.27. The Morgan fingerprint density at radius 3 is 1.79 bits per heavy atom. The molecule has 0 radical (unpaired) electrons. The fourth-order valence-corrected chi connectivity index (χ4v) is 2.72. The van der Waals surface area contributed by atoms with Gasteiger partial charge in [0.2, 0.25) is 0 Å². The smallest absolute Gasteiger partial charge is 0.116 e. The van der Waals surface area contributed by atoms with E-state index >= 15 is 0 Å². The van der Waals surface area contributed by atoms with Crippen molar-refractivity contribution in [3.8, 4) is 33.5 Å². The Morgan fingerprint density at radius 2 is 1.12 bits per heavy atom. The Bertz CT molecular complexity index is 933. The molecule has 0 fully saturated rings. The third-order valence-corrected chi connectivity index (χ3v) is 3.97. The van der Waals surface area contributed by atoms with E-state index in [4.69, 9.17) is 0 Å². The third-order valence-electron chi connectivity index (χ3n) is 3.97. The maximum absolute atomic E-state index is 4.29. The van der Waals surface area contributed by atoms with Gasteiger partial charge in [-0.3, -0.25) is 4.98 Å². The molecule has 0 saturated heterocycles. The van der Waals surface area contributed by atoms with Gasteiger partial charge in [0.25, 0.3) is 0 Å². The zero-order chi connectivity index (χ0) is 16.2. The van der Waals surface area contributed by atoms with Gasteiger partial charge >= 0.3 is 0 Å². The highest BCUT2D eigenvalue weighted by atomic mass is 14.8. The van der Waals surface area contributed by atoms with Crippen molar-refractivity contribution in [2.75, 3.05) is 0 Å². The standard InChI is InChI=1S/C21H15N3/c1-2-19(14-20(3-1)17-8-11-22-12-9-17)16-4-6-18(7-5-16)21-10-13-23-15-24-21/h1-15H. The van der Waals surface area contributed by atoms with Crippen LogP contribution >= 0.6 is 0 Å². The quantitative estimate of drug-likeness (QED) is 0.542. The molecule has 0 N–H and O–H groups in total. The number of benzene rings is 2. The van der Waals surface area contributed by atoms with Gasteiger partial charge in [-0.15, -0.1) is 0 Å². The topological polar surface area (TPSA) is 38.7 Å². The predicted molar refractivity (Wildman–Crippen MR) is 96.1 cm³/mol. The molecule has 4 aromatic rings. The lowest BCUT2D eigenvalue weighted by Crippen LogP contribution is -1.85. The monoisotopic (exact) mass is 309 g/mol. The number of hydrogen-bond acceptors (Lipinski definition) is 3. The van der Waals surface area contributed by atoms with Gasteiger partial charge in [0.15, 0.2) is 0 Å². The molecule has 0 bridgehead atoms. The Hall–Kier alpha value is -3.33. The highest BCUT2D eigenvalue weighted by Gasteiger charge is 2.03. The van der Waals surface area contributed by atoms with Crippen molar-refractivity contribution in [2.45, 2.75) is 0 Å². The lowest BCUT2D eigenvalue weighted by atomic mass is 9.98. The first-order valence-electron chi connectivity index (χ1n) is 7.77. The number of pyridine rings is 1. The molecule has 3 heteroatoms. The van der Waals surface area contributed by atoms with Crippen molar-refractivity contribution in [3.05, 3.63) is 91.6 Å². The summed E-state index contributed by atoms with van der Waals surface area (Å²) in [6.45, 7) is 0. The van der Waals surface area contributed by atoms with Crippen LogP contribution in [0.25, 0.3) is 33.5 Å². The SMILES string of the molecule is c1cc(-c2ccncc2)cc(-c2ccc(-c3ccncn3)cc2)c1. The summed E-state index contributed by atoms with van der Waals surface area (Å²) >= 11 is 0. The van der Waals surface area contributed by atoms with Crippen LogP contribution in [0.2, 0.25) is 0 Å². The molecule has 2 heterocycles. The molecule has 0 aliphatic heterocycles. The van der Waals surface area contributed by atoms with Crippen LogP contribution in [0.5, 0.6) is 0 Å². The maximum atomic E-state index is 4.29. The molecule has 0 aliphatic carbocycles. The van der Waals surface area contributed by atoms with Gasteiger partial charge in [-0.05, 0) is 46.5 Å². The Labute approximate surface area is 140 Å². The summed E-state index contributed by atoms with van der Waals surface area (Å²) in [6.07, 6.45) is 6.97.